The molecule has 1 N–H and O–H groups in total. The van der Waals surface area contributed by atoms with E-state index in [1.54, 1.807) is 0 Å². The van der Waals surface area contributed by atoms with Gasteiger partial charge in [0.15, 0.2) is 0 Å². The van der Waals surface area contributed by atoms with Crippen LogP contribution in [0.2, 0.25) is 5.28 Å². The Morgan fingerprint density at radius 2 is 1.83 bits per heavy atom. The summed E-state index contributed by atoms with van der Waals surface area (Å²) in [4.78, 5) is 6.69. The fourth-order valence-electron chi connectivity index (χ4n) is 1.02. The smallest absolute Gasteiger partial charge is 0.225 e. The summed E-state index contributed by atoms with van der Waals surface area (Å²) in [5, 5.41) is -0.119. The maximum absolute atomic E-state index is 11.8. The second-order valence-electron chi connectivity index (χ2n) is 3.30. The van der Waals surface area contributed by atoms with Gasteiger partial charge in [0.1, 0.15) is 4.90 Å². The summed E-state index contributed by atoms with van der Waals surface area (Å²) in [6.07, 6.45) is -3.73. The zero-order chi connectivity index (χ0) is 13.8. The highest BCUT2D eigenvalue weighted by Gasteiger charge is 2.26. The molecule has 0 bridgehead atoms. The Morgan fingerprint density at radius 1 is 1.28 bits per heavy atom. The van der Waals surface area contributed by atoms with Crippen LogP contribution < -0.4 is 4.72 Å². The summed E-state index contributed by atoms with van der Waals surface area (Å²) >= 11 is 5.38. The number of sulfonamides is 1. The molecule has 1 heterocycles. The quantitative estimate of drug-likeness (QED) is 0.664. The van der Waals surface area contributed by atoms with Gasteiger partial charge in [-0.1, -0.05) is 0 Å². The van der Waals surface area contributed by atoms with Crippen molar-refractivity contribution in [2.45, 2.75) is 23.9 Å². The molecular formula is C8H9ClF3N3O2S. The van der Waals surface area contributed by atoms with Crippen LogP contribution in [0.4, 0.5) is 13.2 Å². The first-order chi connectivity index (χ1) is 8.21. The molecule has 102 valence electrons. The van der Waals surface area contributed by atoms with Gasteiger partial charge in [0, 0.05) is 13.0 Å². The van der Waals surface area contributed by atoms with Crippen LogP contribution in [-0.2, 0) is 10.0 Å². The molecule has 0 unspecified atom stereocenters. The average Bonchev–Trinajstić information content (AvgIpc) is 2.24. The highest BCUT2D eigenvalue weighted by atomic mass is 35.5. The van der Waals surface area contributed by atoms with Crippen molar-refractivity contribution in [3.63, 3.8) is 0 Å². The van der Waals surface area contributed by atoms with E-state index in [0.717, 1.165) is 12.4 Å². The zero-order valence-corrected chi connectivity index (χ0v) is 10.5. The fraction of sp³-hybridized carbons (Fsp3) is 0.500. The molecule has 1 aromatic rings. The first-order valence-electron chi connectivity index (χ1n) is 4.75. The molecular weight excluding hydrogens is 295 g/mol. The Balaban J connectivity index is 2.53. The molecule has 0 amide bonds. The number of aromatic nitrogens is 2. The number of hydrogen-bond acceptors (Lipinski definition) is 4. The molecule has 0 fully saturated rings. The van der Waals surface area contributed by atoms with Gasteiger partial charge in [-0.15, -0.1) is 0 Å². The summed E-state index contributed by atoms with van der Waals surface area (Å²) in [6.45, 7) is -0.315. The lowest BCUT2D eigenvalue weighted by Gasteiger charge is -2.07. The van der Waals surface area contributed by atoms with Gasteiger partial charge in [-0.3, -0.25) is 0 Å². The molecule has 0 spiro atoms. The number of rotatable bonds is 5. The second-order valence-corrected chi connectivity index (χ2v) is 5.41. The van der Waals surface area contributed by atoms with Crippen molar-refractivity contribution in [3.05, 3.63) is 17.7 Å². The fourth-order valence-corrected chi connectivity index (χ4v) is 2.08. The largest absolute Gasteiger partial charge is 0.389 e. The predicted octanol–water partition coefficient (Wildman–Crippen LogP) is 1.75. The van der Waals surface area contributed by atoms with Crippen molar-refractivity contribution in [2.24, 2.45) is 0 Å². The molecule has 0 saturated heterocycles. The summed E-state index contributed by atoms with van der Waals surface area (Å²) in [5.74, 6) is 0. The van der Waals surface area contributed by atoms with Gasteiger partial charge in [0.2, 0.25) is 15.3 Å². The lowest BCUT2D eigenvalue weighted by Crippen LogP contribution is -2.26. The van der Waals surface area contributed by atoms with Crippen molar-refractivity contribution in [1.82, 2.24) is 14.7 Å². The van der Waals surface area contributed by atoms with Gasteiger partial charge in [-0.25, -0.2) is 23.1 Å². The van der Waals surface area contributed by atoms with Gasteiger partial charge in [0.05, 0.1) is 12.4 Å². The van der Waals surface area contributed by atoms with Crippen molar-refractivity contribution in [2.75, 3.05) is 6.54 Å². The van der Waals surface area contributed by atoms with E-state index in [2.05, 4.69) is 9.97 Å². The molecule has 0 aliphatic heterocycles. The molecule has 5 nitrogen and oxygen atoms in total. The Morgan fingerprint density at radius 3 is 2.33 bits per heavy atom. The maximum atomic E-state index is 11.8. The Labute approximate surface area is 106 Å². The molecule has 0 atom stereocenters. The highest BCUT2D eigenvalue weighted by Crippen LogP contribution is 2.20. The minimum Gasteiger partial charge on any atom is -0.225 e. The molecule has 0 aliphatic carbocycles. The van der Waals surface area contributed by atoms with E-state index >= 15 is 0 Å². The van der Waals surface area contributed by atoms with E-state index in [9.17, 15) is 21.6 Å². The second kappa shape index (κ2) is 5.81. The van der Waals surface area contributed by atoms with E-state index in [-0.39, 0.29) is 23.1 Å². The SMILES string of the molecule is O=S(=O)(NCCCC(F)(F)F)c1cnc(Cl)nc1. The lowest BCUT2D eigenvalue weighted by atomic mass is 10.3. The summed E-state index contributed by atoms with van der Waals surface area (Å²) in [6, 6.07) is 0. The summed E-state index contributed by atoms with van der Waals surface area (Å²) in [5.41, 5.74) is 0. The van der Waals surface area contributed by atoms with Gasteiger partial charge < -0.3 is 0 Å². The first-order valence-corrected chi connectivity index (χ1v) is 6.61. The topological polar surface area (TPSA) is 72.0 Å². The van der Waals surface area contributed by atoms with Gasteiger partial charge in [0.25, 0.3) is 0 Å². The van der Waals surface area contributed by atoms with Crippen LogP contribution in [0.1, 0.15) is 12.8 Å². The van der Waals surface area contributed by atoms with Crippen LogP contribution >= 0.6 is 11.6 Å². The normalized spacial score (nSPS) is 12.7. The van der Waals surface area contributed by atoms with Crippen LogP contribution in [-0.4, -0.2) is 31.1 Å². The number of alkyl halides is 3. The number of nitrogens with one attached hydrogen (secondary N) is 1. The average molecular weight is 304 g/mol. The Kier molecular flexibility index (Phi) is 4.88. The zero-order valence-electron chi connectivity index (χ0n) is 8.91. The molecule has 0 saturated carbocycles. The molecule has 10 heteroatoms. The maximum Gasteiger partial charge on any atom is 0.389 e. The number of nitrogens with zero attached hydrogens (tertiary/aromatic N) is 2. The van der Waals surface area contributed by atoms with Gasteiger partial charge >= 0.3 is 6.18 Å². The van der Waals surface area contributed by atoms with Crippen LogP contribution in [0.3, 0.4) is 0 Å². The molecule has 18 heavy (non-hydrogen) atoms. The van der Waals surface area contributed by atoms with Crippen LogP contribution in [0.25, 0.3) is 0 Å². The van der Waals surface area contributed by atoms with E-state index in [1.807, 2.05) is 4.72 Å². The third-order valence-electron chi connectivity index (χ3n) is 1.84. The van der Waals surface area contributed by atoms with Crippen molar-refractivity contribution >= 4 is 21.6 Å². The highest BCUT2D eigenvalue weighted by molar-refractivity contribution is 7.89. The molecule has 0 aromatic carbocycles. The Hall–Kier alpha value is -0.930. The molecule has 0 aliphatic rings. The third kappa shape index (κ3) is 5.15. The van der Waals surface area contributed by atoms with Crippen molar-refractivity contribution in [1.29, 1.82) is 0 Å². The summed E-state index contributed by atoms with van der Waals surface area (Å²) < 4.78 is 60.6. The lowest BCUT2D eigenvalue weighted by molar-refractivity contribution is -0.135. The van der Waals surface area contributed by atoms with Gasteiger partial charge in [-0.05, 0) is 18.0 Å². The van der Waals surface area contributed by atoms with Gasteiger partial charge in [-0.2, -0.15) is 13.2 Å². The van der Waals surface area contributed by atoms with E-state index < -0.39 is 22.6 Å². The molecule has 0 radical (unpaired) electrons. The minimum absolute atomic E-state index is 0.119. The van der Waals surface area contributed by atoms with Crippen molar-refractivity contribution in [3.8, 4) is 0 Å². The first kappa shape index (κ1) is 15.1. The minimum atomic E-state index is -4.30. The van der Waals surface area contributed by atoms with Crippen LogP contribution in [0.15, 0.2) is 17.3 Å². The van der Waals surface area contributed by atoms with E-state index in [1.165, 1.54) is 0 Å². The monoisotopic (exact) mass is 303 g/mol. The molecule has 1 rings (SSSR count). The standard InChI is InChI=1S/C8H9ClF3N3O2S/c9-7-13-4-6(5-14-7)18(16,17)15-3-1-2-8(10,11)12/h4-5,15H,1-3H2. The number of hydrogen-bond donors (Lipinski definition) is 1. The predicted molar refractivity (Wildman–Crippen MR) is 57.5 cm³/mol. The van der Waals surface area contributed by atoms with E-state index in [0.29, 0.717) is 0 Å². The van der Waals surface area contributed by atoms with Crippen LogP contribution in [0.5, 0.6) is 0 Å². The molecule has 1 aromatic heterocycles. The van der Waals surface area contributed by atoms with E-state index in [4.69, 9.17) is 11.6 Å². The number of halogens is 4. The summed E-state index contributed by atoms with van der Waals surface area (Å²) in [7, 11) is -3.90. The van der Waals surface area contributed by atoms with Crippen LogP contribution in [0, 0.1) is 0 Å². The Bertz CT molecular complexity index is 489. The van der Waals surface area contributed by atoms with Crippen molar-refractivity contribution < 1.29 is 21.6 Å². The third-order valence-corrected chi connectivity index (χ3v) is 3.45.